The lowest BCUT2D eigenvalue weighted by Gasteiger charge is -2.18. The Morgan fingerprint density at radius 1 is 1.26 bits per heavy atom. The van der Waals surface area contributed by atoms with Gasteiger partial charge in [0.1, 0.15) is 0 Å². The highest BCUT2D eigenvalue weighted by molar-refractivity contribution is 7.89. The van der Waals surface area contributed by atoms with Crippen LogP contribution in [0.2, 0.25) is 0 Å². The van der Waals surface area contributed by atoms with Crippen LogP contribution in [0, 0.1) is 19.8 Å². The summed E-state index contributed by atoms with van der Waals surface area (Å²) in [6.45, 7) is 6.06. The fraction of sp³-hybridized carbons (Fsp3) is 0.533. The van der Waals surface area contributed by atoms with Crippen molar-refractivity contribution in [2.24, 2.45) is 5.92 Å². The number of amides is 1. The topological polar surface area (TPSA) is 78.5 Å². The summed E-state index contributed by atoms with van der Waals surface area (Å²) in [6, 6.07) is 3.14. The number of hydrogen-bond donors (Lipinski definition) is 2. The van der Waals surface area contributed by atoms with E-state index < -0.39 is 10.0 Å². The Balaban J connectivity index is 0.00000484. The van der Waals surface area contributed by atoms with Crippen LogP contribution in [0.4, 0.5) is 5.69 Å². The third kappa shape index (κ3) is 5.17. The second kappa shape index (κ2) is 8.63. The number of aryl methyl sites for hydroxylation is 1. The summed E-state index contributed by atoms with van der Waals surface area (Å²) in [5, 5.41) is 5.77. The highest BCUT2D eigenvalue weighted by Gasteiger charge is 2.21. The van der Waals surface area contributed by atoms with E-state index in [0.717, 1.165) is 15.4 Å². The monoisotopic (exact) mass is 363 g/mol. The molecule has 0 heterocycles. The van der Waals surface area contributed by atoms with Gasteiger partial charge in [-0.25, -0.2) is 12.7 Å². The Labute approximate surface area is 145 Å². The van der Waals surface area contributed by atoms with E-state index in [1.807, 2.05) is 20.8 Å². The van der Waals surface area contributed by atoms with Crippen LogP contribution in [0.5, 0.6) is 0 Å². The Hall–Kier alpha value is -1.15. The van der Waals surface area contributed by atoms with Crippen molar-refractivity contribution in [1.29, 1.82) is 0 Å². The second-order valence-electron chi connectivity index (χ2n) is 5.65. The number of nitrogens with zero attached hydrogens (tertiary/aromatic N) is 1. The standard InChI is InChI=1S/C15H25N3O3S.ClH/c1-10-7-13(22(20,21)18(5)6)8-14(12(10)3)17-15(19)11(2)9-16-4;/h7-8,11,16H,9H2,1-6H3,(H,17,19);1H. The lowest BCUT2D eigenvalue weighted by molar-refractivity contribution is -0.119. The smallest absolute Gasteiger partial charge is 0.242 e. The lowest BCUT2D eigenvalue weighted by Crippen LogP contribution is -2.29. The molecule has 1 aromatic carbocycles. The Morgan fingerprint density at radius 3 is 2.30 bits per heavy atom. The summed E-state index contributed by atoms with van der Waals surface area (Å²) in [5.41, 5.74) is 2.22. The molecule has 1 aromatic rings. The SMILES string of the molecule is CNCC(C)C(=O)Nc1cc(S(=O)(=O)N(C)C)cc(C)c1C.Cl. The minimum absolute atomic E-state index is 0. The first-order valence-electron chi connectivity index (χ1n) is 7.10. The number of sulfonamides is 1. The van der Waals surface area contributed by atoms with Gasteiger partial charge < -0.3 is 10.6 Å². The first kappa shape index (κ1) is 21.9. The molecule has 0 radical (unpaired) electrons. The quantitative estimate of drug-likeness (QED) is 0.807. The maximum atomic E-state index is 12.3. The molecule has 132 valence electrons. The van der Waals surface area contributed by atoms with Crippen LogP contribution in [0.3, 0.4) is 0 Å². The van der Waals surface area contributed by atoms with E-state index in [2.05, 4.69) is 10.6 Å². The van der Waals surface area contributed by atoms with Gasteiger partial charge >= 0.3 is 0 Å². The number of carbonyl (C=O) groups is 1. The molecule has 0 fully saturated rings. The molecule has 0 aliphatic rings. The van der Waals surface area contributed by atoms with Crippen molar-refractivity contribution in [1.82, 2.24) is 9.62 Å². The van der Waals surface area contributed by atoms with Crippen molar-refractivity contribution in [2.75, 3.05) is 33.0 Å². The van der Waals surface area contributed by atoms with Gasteiger partial charge in [-0.1, -0.05) is 6.92 Å². The highest BCUT2D eigenvalue weighted by atomic mass is 35.5. The predicted molar refractivity (Wildman–Crippen MR) is 95.8 cm³/mol. The van der Waals surface area contributed by atoms with Crippen LogP contribution >= 0.6 is 12.4 Å². The Morgan fingerprint density at radius 2 is 1.83 bits per heavy atom. The normalized spacial score (nSPS) is 12.7. The van der Waals surface area contributed by atoms with E-state index in [-0.39, 0.29) is 29.1 Å². The molecule has 2 N–H and O–H groups in total. The van der Waals surface area contributed by atoms with E-state index in [1.165, 1.54) is 20.2 Å². The van der Waals surface area contributed by atoms with Gasteiger partial charge in [-0.2, -0.15) is 0 Å². The second-order valence-corrected chi connectivity index (χ2v) is 7.80. The fourth-order valence-corrected chi connectivity index (χ4v) is 2.98. The van der Waals surface area contributed by atoms with E-state index >= 15 is 0 Å². The van der Waals surface area contributed by atoms with Gasteiger partial charge in [0.2, 0.25) is 15.9 Å². The molecule has 8 heteroatoms. The van der Waals surface area contributed by atoms with Crippen molar-refractivity contribution in [3.05, 3.63) is 23.3 Å². The molecule has 1 amide bonds. The van der Waals surface area contributed by atoms with Crippen LogP contribution in [0.25, 0.3) is 0 Å². The van der Waals surface area contributed by atoms with Crippen molar-refractivity contribution in [2.45, 2.75) is 25.7 Å². The van der Waals surface area contributed by atoms with Gasteiger partial charge in [-0.3, -0.25) is 4.79 Å². The molecule has 6 nitrogen and oxygen atoms in total. The van der Waals surface area contributed by atoms with Gasteiger partial charge in [0.15, 0.2) is 0 Å². The van der Waals surface area contributed by atoms with Gasteiger partial charge in [0.25, 0.3) is 0 Å². The molecule has 0 aliphatic carbocycles. The predicted octanol–water partition coefficient (Wildman–Crippen LogP) is 1.77. The maximum Gasteiger partial charge on any atom is 0.242 e. The fourth-order valence-electron chi connectivity index (χ4n) is 1.97. The average molecular weight is 364 g/mol. The third-order valence-corrected chi connectivity index (χ3v) is 5.43. The summed E-state index contributed by atoms with van der Waals surface area (Å²) in [4.78, 5) is 12.3. The number of hydrogen-bond acceptors (Lipinski definition) is 4. The average Bonchev–Trinajstić information content (AvgIpc) is 2.43. The lowest BCUT2D eigenvalue weighted by atomic mass is 10.1. The molecule has 1 atom stereocenters. The zero-order valence-electron chi connectivity index (χ0n) is 14.4. The Bertz CT molecular complexity index is 660. The molecule has 0 spiro atoms. The summed E-state index contributed by atoms with van der Waals surface area (Å²) >= 11 is 0. The maximum absolute atomic E-state index is 12.3. The Kier molecular flexibility index (Phi) is 8.20. The molecule has 0 bridgehead atoms. The highest BCUT2D eigenvalue weighted by Crippen LogP contribution is 2.25. The van der Waals surface area contributed by atoms with Crippen LogP contribution < -0.4 is 10.6 Å². The van der Waals surface area contributed by atoms with Crippen LogP contribution in [-0.4, -0.2) is 46.3 Å². The number of anilines is 1. The van der Waals surface area contributed by atoms with Crippen molar-refractivity contribution >= 4 is 34.0 Å². The van der Waals surface area contributed by atoms with Crippen LogP contribution in [0.15, 0.2) is 17.0 Å². The third-order valence-electron chi connectivity index (χ3n) is 3.64. The number of carbonyl (C=O) groups excluding carboxylic acids is 1. The van der Waals surface area contributed by atoms with Crippen molar-refractivity contribution in [3.63, 3.8) is 0 Å². The molecule has 23 heavy (non-hydrogen) atoms. The number of benzene rings is 1. The number of rotatable bonds is 6. The molecule has 0 saturated heterocycles. The van der Waals surface area contributed by atoms with E-state index in [0.29, 0.717) is 12.2 Å². The first-order chi connectivity index (χ1) is 10.1. The van der Waals surface area contributed by atoms with E-state index in [4.69, 9.17) is 0 Å². The zero-order valence-corrected chi connectivity index (χ0v) is 16.1. The minimum Gasteiger partial charge on any atom is -0.326 e. The number of halogens is 1. The molecule has 0 aliphatic heterocycles. The first-order valence-corrected chi connectivity index (χ1v) is 8.54. The van der Waals surface area contributed by atoms with Gasteiger partial charge in [-0.05, 0) is 44.2 Å². The molecule has 1 rings (SSSR count). The molecular formula is C15H26ClN3O3S. The van der Waals surface area contributed by atoms with Gasteiger partial charge in [0.05, 0.1) is 4.90 Å². The van der Waals surface area contributed by atoms with Gasteiger partial charge in [0, 0.05) is 32.2 Å². The minimum atomic E-state index is -3.54. The van der Waals surface area contributed by atoms with Crippen molar-refractivity contribution < 1.29 is 13.2 Å². The van der Waals surface area contributed by atoms with E-state index in [1.54, 1.807) is 13.1 Å². The molecule has 1 unspecified atom stereocenters. The van der Waals surface area contributed by atoms with Crippen LogP contribution in [0.1, 0.15) is 18.1 Å². The van der Waals surface area contributed by atoms with Crippen molar-refractivity contribution in [3.8, 4) is 0 Å². The summed E-state index contributed by atoms with van der Waals surface area (Å²) in [6.07, 6.45) is 0. The van der Waals surface area contributed by atoms with Crippen LogP contribution in [-0.2, 0) is 14.8 Å². The largest absolute Gasteiger partial charge is 0.326 e. The van der Waals surface area contributed by atoms with Gasteiger partial charge in [-0.15, -0.1) is 12.4 Å². The molecule has 0 saturated carbocycles. The molecular weight excluding hydrogens is 338 g/mol. The summed E-state index contributed by atoms with van der Waals surface area (Å²) < 4.78 is 25.7. The number of nitrogens with one attached hydrogen (secondary N) is 2. The molecule has 0 aromatic heterocycles. The zero-order chi connectivity index (χ0) is 17.1. The summed E-state index contributed by atoms with van der Waals surface area (Å²) in [5.74, 6) is -0.352. The summed E-state index contributed by atoms with van der Waals surface area (Å²) in [7, 11) is 1.21. The van der Waals surface area contributed by atoms with E-state index in [9.17, 15) is 13.2 Å².